The molecule has 1 aliphatic heterocycles. The van der Waals surface area contributed by atoms with Crippen molar-refractivity contribution in [1.29, 1.82) is 0 Å². The van der Waals surface area contributed by atoms with E-state index in [0.717, 1.165) is 0 Å². The number of amides is 1. The zero-order chi connectivity index (χ0) is 15.7. The fourth-order valence-electron chi connectivity index (χ4n) is 2.08. The second kappa shape index (κ2) is 5.44. The van der Waals surface area contributed by atoms with Gasteiger partial charge in [0.05, 0.1) is 0 Å². The van der Waals surface area contributed by atoms with E-state index in [0.29, 0.717) is 6.42 Å². The minimum atomic E-state index is -5.00. The van der Waals surface area contributed by atoms with Gasteiger partial charge in [-0.2, -0.15) is 23.3 Å². The number of halogens is 3. The maximum Gasteiger partial charge on any atom is 0.438 e. The highest BCUT2D eigenvalue weighted by Crippen LogP contribution is 2.41. The van der Waals surface area contributed by atoms with Crippen molar-refractivity contribution < 1.29 is 23.1 Å². The van der Waals surface area contributed by atoms with Gasteiger partial charge in [0, 0.05) is 18.3 Å². The van der Waals surface area contributed by atoms with Crippen LogP contribution in [0, 0.1) is 0 Å². The lowest BCUT2D eigenvalue weighted by Gasteiger charge is -2.32. The first-order valence-electron chi connectivity index (χ1n) is 6.40. The lowest BCUT2D eigenvalue weighted by molar-refractivity contribution is -0.297. The number of pyridine rings is 1. The van der Waals surface area contributed by atoms with Crippen LogP contribution >= 0.6 is 0 Å². The molecule has 2 rings (SSSR count). The van der Waals surface area contributed by atoms with Crippen molar-refractivity contribution in [2.45, 2.75) is 38.1 Å². The van der Waals surface area contributed by atoms with Gasteiger partial charge in [0.1, 0.15) is 5.69 Å². The van der Waals surface area contributed by atoms with Gasteiger partial charge in [-0.1, -0.05) is 19.4 Å². The van der Waals surface area contributed by atoms with E-state index in [-0.39, 0.29) is 22.8 Å². The number of rotatable bonds is 3. The van der Waals surface area contributed by atoms with Gasteiger partial charge in [-0.05, 0) is 18.6 Å². The van der Waals surface area contributed by atoms with E-state index in [1.807, 2.05) is 0 Å². The molecule has 21 heavy (non-hydrogen) atoms. The van der Waals surface area contributed by atoms with E-state index in [1.54, 1.807) is 6.92 Å². The summed E-state index contributed by atoms with van der Waals surface area (Å²) >= 11 is 0. The summed E-state index contributed by atoms with van der Waals surface area (Å²) in [5.74, 6) is -1.08. The average molecular weight is 301 g/mol. The Labute approximate surface area is 119 Å². The molecular formula is C13H14F3N3O2. The monoisotopic (exact) mass is 301 g/mol. The lowest BCUT2D eigenvalue weighted by atomic mass is 10.0. The van der Waals surface area contributed by atoms with Crippen molar-refractivity contribution in [3.05, 3.63) is 30.1 Å². The number of hydrogen-bond acceptors (Lipinski definition) is 4. The van der Waals surface area contributed by atoms with Gasteiger partial charge < -0.3 is 5.11 Å². The van der Waals surface area contributed by atoms with Crippen LogP contribution < -0.4 is 0 Å². The molecule has 2 heterocycles. The van der Waals surface area contributed by atoms with E-state index in [4.69, 9.17) is 0 Å². The molecule has 0 aromatic carbocycles. The smallest absolute Gasteiger partial charge is 0.362 e. The van der Waals surface area contributed by atoms with E-state index in [9.17, 15) is 23.1 Å². The standard InChI is InChI=1S/C13H14F3N3O2/c1-2-5-9-8-12(21,13(14,15)16)19(18-9)11(20)10-6-3-4-7-17-10/h3-4,6-7,21H,2,5,8H2,1H3/t12-/m1/s1. The largest absolute Gasteiger partial charge is 0.438 e. The Balaban J connectivity index is 2.39. The Kier molecular flexibility index (Phi) is 3.99. The molecule has 0 saturated heterocycles. The van der Waals surface area contributed by atoms with Crippen molar-refractivity contribution >= 4 is 11.6 Å². The van der Waals surface area contributed by atoms with Gasteiger partial charge in [-0.25, -0.2) is 0 Å². The van der Waals surface area contributed by atoms with Crippen LogP contribution in [-0.2, 0) is 0 Å². The minimum absolute atomic E-state index is 0.0975. The molecule has 114 valence electrons. The second-order valence-corrected chi connectivity index (χ2v) is 4.74. The van der Waals surface area contributed by atoms with Crippen LogP contribution in [0.15, 0.2) is 29.5 Å². The topological polar surface area (TPSA) is 65.8 Å². The van der Waals surface area contributed by atoms with Crippen molar-refractivity contribution in [2.75, 3.05) is 0 Å². The third-order valence-corrected chi connectivity index (χ3v) is 3.11. The number of nitrogens with zero attached hydrogens (tertiary/aromatic N) is 3. The van der Waals surface area contributed by atoms with Gasteiger partial charge in [0.15, 0.2) is 0 Å². The molecule has 1 aromatic heterocycles. The Morgan fingerprint density at radius 2 is 2.19 bits per heavy atom. The predicted molar refractivity (Wildman–Crippen MR) is 68.4 cm³/mol. The Morgan fingerprint density at radius 3 is 2.71 bits per heavy atom. The fraction of sp³-hybridized carbons (Fsp3) is 0.462. The molecule has 5 nitrogen and oxygen atoms in total. The highest BCUT2D eigenvalue weighted by molar-refractivity contribution is 5.97. The number of alkyl halides is 3. The van der Waals surface area contributed by atoms with Gasteiger partial charge >= 0.3 is 6.18 Å². The molecule has 8 heteroatoms. The Morgan fingerprint density at radius 1 is 1.48 bits per heavy atom. The molecule has 0 fully saturated rings. The fourth-order valence-corrected chi connectivity index (χ4v) is 2.08. The quantitative estimate of drug-likeness (QED) is 0.932. The predicted octanol–water partition coefficient (Wildman–Crippen LogP) is 2.33. The molecule has 0 saturated carbocycles. The SMILES string of the molecule is CCCC1=NN(C(=O)c2ccccn2)[C@](O)(C(F)(F)F)C1. The molecule has 1 aromatic rings. The molecule has 0 aliphatic carbocycles. The van der Waals surface area contributed by atoms with E-state index < -0.39 is 24.2 Å². The second-order valence-electron chi connectivity index (χ2n) is 4.74. The van der Waals surface area contributed by atoms with Crippen molar-refractivity contribution in [2.24, 2.45) is 5.10 Å². The highest BCUT2D eigenvalue weighted by atomic mass is 19.4. The van der Waals surface area contributed by atoms with E-state index in [2.05, 4.69) is 10.1 Å². The number of hydrogen-bond donors (Lipinski definition) is 1. The third kappa shape index (κ3) is 2.76. The van der Waals surface area contributed by atoms with Gasteiger partial charge in [0.25, 0.3) is 11.6 Å². The molecule has 1 N–H and O–H groups in total. The van der Waals surface area contributed by atoms with Crippen LogP contribution in [0.25, 0.3) is 0 Å². The van der Waals surface area contributed by atoms with Crippen LogP contribution in [0.5, 0.6) is 0 Å². The van der Waals surface area contributed by atoms with Crippen LogP contribution in [0.4, 0.5) is 13.2 Å². The number of aromatic nitrogens is 1. The molecule has 0 radical (unpaired) electrons. The zero-order valence-corrected chi connectivity index (χ0v) is 11.3. The summed E-state index contributed by atoms with van der Waals surface area (Å²) in [5, 5.41) is 13.7. The lowest BCUT2D eigenvalue weighted by Crippen LogP contribution is -2.56. The summed E-state index contributed by atoms with van der Waals surface area (Å²) in [6, 6.07) is 4.27. The first-order chi connectivity index (χ1) is 9.79. The summed E-state index contributed by atoms with van der Waals surface area (Å²) in [7, 11) is 0. The van der Waals surface area contributed by atoms with Crippen LogP contribution in [-0.4, -0.2) is 38.6 Å². The molecular weight excluding hydrogens is 287 g/mol. The molecule has 0 bridgehead atoms. The van der Waals surface area contributed by atoms with Crippen LogP contribution in [0.2, 0.25) is 0 Å². The minimum Gasteiger partial charge on any atom is -0.362 e. The first kappa shape index (κ1) is 15.4. The normalized spacial score (nSPS) is 22.3. The number of aliphatic hydroxyl groups is 1. The number of carbonyl (C=O) groups excluding carboxylic acids is 1. The van der Waals surface area contributed by atoms with Crippen molar-refractivity contribution in [3.63, 3.8) is 0 Å². The third-order valence-electron chi connectivity index (χ3n) is 3.11. The van der Waals surface area contributed by atoms with Crippen LogP contribution in [0.1, 0.15) is 36.7 Å². The Hall–Kier alpha value is -1.96. The van der Waals surface area contributed by atoms with E-state index in [1.165, 1.54) is 24.4 Å². The van der Waals surface area contributed by atoms with Gasteiger partial charge in [0.2, 0.25) is 0 Å². The molecule has 1 atom stereocenters. The number of hydrazone groups is 1. The molecule has 1 aliphatic rings. The van der Waals surface area contributed by atoms with Crippen LogP contribution in [0.3, 0.4) is 0 Å². The summed E-state index contributed by atoms with van der Waals surface area (Å²) < 4.78 is 39.4. The van der Waals surface area contributed by atoms with Crippen molar-refractivity contribution in [3.8, 4) is 0 Å². The average Bonchev–Trinajstić information content (AvgIpc) is 2.77. The maximum atomic E-state index is 13.1. The van der Waals surface area contributed by atoms with Gasteiger partial charge in [-0.15, -0.1) is 0 Å². The number of carbonyl (C=O) groups is 1. The Bertz CT molecular complexity index is 560. The summed E-state index contributed by atoms with van der Waals surface area (Å²) in [6.07, 6.45) is -3.60. The molecule has 1 amide bonds. The zero-order valence-electron chi connectivity index (χ0n) is 11.3. The summed E-state index contributed by atoms with van der Waals surface area (Å²) in [4.78, 5) is 15.9. The highest BCUT2D eigenvalue weighted by Gasteiger charge is 2.63. The van der Waals surface area contributed by atoms with Crippen molar-refractivity contribution in [1.82, 2.24) is 9.99 Å². The molecule has 0 spiro atoms. The maximum absolute atomic E-state index is 13.1. The summed E-state index contributed by atoms with van der Waals surface area (Å²) in [5.41, 5.74) is -3.38. The van der Waals surface area contributed by atoms with Gasteiger partial charge in [-0.3, -0.25) is 9.78 Å². The molecule has 0 unspecified atom stereocenters. The van der Waals surface area contributed by atoms with E-state index >= 15 is 0 Å². The first-order valence-corrected chi connectivity index (χ1v) is 6.40. The summed E-state index contributed by atoms with van der Waals surface area (Å²) in [6.45, 7) is 1.78.